The highest BCUT2D eigenvalue weighted by Gasteiger charge is 2.64. The minimum absolute atomic E-state index is 0.344. The third kappa shape index (κ3) is 4.12. The maximum atomic E-state index is 12.0. The highest BCUT2D eigenvalue weighted by molar-refractivity contribution is 5.71. The first-order valence-electron chi connectivity index (χ1n) is 7.89. The third-order valence-corrected chi connectivity index (χ3v) is 4.63. The van der Waals surface area contributed by atoms with E-state index >= 15 is 0 Å². The Labute approximate surface area is 131 Å². The van der Waals surface area contributed by atoms with E-state index in [2.05, 4.69) is 5.32 Å². The molecule has 2 aliphatic carbocycles. The largest absolute Gasteiger partial charge is 0.481 e. The number of alkyl carbamates (subject to hydrolysis) is 1. The minimum atomic E-state index is -0.927. The van der Waals surface area contributed by atoms with Gasteiger partial charge in [-0.05, 0) is 58.3 Å². The van der Waals surface area contributed by atoms with Gasteiger partial charge in [0.15, 0.2) is 0 Å². The fourth-order valence-corrected chi connectivity index (χ4v) is 3.15. The zero-order valence-corrected chi connectivity index (χ0v) is 14.0. The number of aliphatic carboxylic acids is 1. The van der Waals surface area contributed by atoms with Gasteiger partial charge in [-0.3, -0.25) is 4.79 Å². The SMILES string of the molecule is CO[C@@H]([C@H](C[C@@H]1C2C[C@@H]21)NC(=O)OC(C)(C)C)[C@@H](C)C(=O)O. The molecule has 0 heterocycles. The Morgan fingerprint density at radius 1 is 1.32 bits per heavy atom. The summed E-state index contributed by atoms with van der Waals surface area (Å²) in [6.45, 7) is 7.00. The lowest BCUT2D eigenvalue weighted by atomic mass is 9.91. The molecule has 0 aromatic heterocycles. The van der Waals surface area contributed by atoms with Gasteiger partial charge in [-0.15, -0.1) is 0 Å². The molecule has 2 aliphatic rings. The number of hydrogen-bond acceptors (Lipinski definition) is 4. The number of hydrogen-bond donors (Lipinski definition) is 2. The van der Waals surface area contributed by atoms with E-state index in [1.165, 1.54) is 13.5 Å². The molecule has 2 saturated carbocycles. The molecule has 22 heavy (non-hydrogen) atoms. The summed E-state index contributed by atoms with van der Waals surface area (Å²) in [7, 11) is 1.49. The van der Waals surface area contributed by atoms with Gasteiger partial charge in [-0.25, -0.2) is 4.79 Å². The van der Waals surface area contributed by atoms with E-state index in [1.807, 2.05) is 0 Å². The molecule has 2 rings (SSSR count). The Balaban J connectivity index is 2.00. The first-order valence-corrected chi connectivity index (χ1v) is 7.89. The van der Waals surface area contributed by atoms with Crippen molar-refractivity contribution in [2.24, 2.45) is 23.7 Å². The second-order valence-electron chi connectivity index (χ2n) is 7.54. The average molecular weight is 313 g/mol. The van der Waals surface area contributed by atoms with Gasteiger partial charge in [0.2, 0.25) is 0 Å². The summed E-state index contributed by atoms with van der Waals surface area (Å²) in [4.78, 5) is 23.3. The summed E-state index contributed by atoms with van der Waals surface area (Å²) in [5.74, 6) is 0.531. The molecular formula is C16H27NO5. The van der Waals surface area contributed by atoms with Gasteiger partial charge in [0, 0.05) is 7.11 Å². The summed E-state index contributed by atoms with van der Waals surface area (Å²) in [6, 6.07) is -0.344. The van der Waals surface area contributed by atoms with Crippen LogP contribution in [0.1, 0.15) is 40.5 Å². The first kappa shape index (κ1) is 17.1. The molecular weight excluding hydrogens is 286 g/mol. The van der Waals surface area contributed by atoms with Crippen LogP contribution in [0.3, 0.4) is 0 Å². The van der Waals surface area contributed by atoms with Gasteiger partial charge in [-0.1, -0.05) is 0 Å². The molecule has 0 bridgehead atoms. The Morgan fingerprint density at radius 3 is 2.27 bits per heavy atom. The molecule has 6 nitrogen and oxygen atoms in total. The highest BCUT2D eigenvalue weighted by atomic mass is 16.6. The van der Waals surface area contributed by atoms with Crippen LogP contribution in [-0.4, -0.2) is 42.0 Å². The van der Waals surface area contributed by atoms with Crippen LogP contribution in [0, 0.1) is 23.7 Å². The van der Waals surface area contributed by atoms with E-state index in [0.29, 0.717) is 5.92 Å². The first-order chi connectivity index (χ1) is 10.1. The summed E-state index contributed by atoms with van der Waals surface area (Å²) in [5.41, 5.74) is -0.586. The molecule has 2 fully saturated rings. The van der Waals surface area contributed by atoms with Crippen LogP contribution >= 0.6 is 0 Å². The van der Waals surface area contributed by atoms with E-state index in [4.69, 9.17) is 9.47 Å². The topological polar surface area (TPSA) is 84.9 Å². The lowest BCUT2D eigenvalue weighted by Gasteiger charge is -2.31. The summed E-state index contributed by atoms with van der Waals surface area (Å²) < 4.78 is 10.7. The second kappa shape index (κ2) is 6.07. The maximum absolute atomic E-state index is 12.0. The zero-order chi connectivity index (χ0) is 16.7. The Hall–Kier alpha value is -1.30. The molecule has 1 amide bonds. The molecule has 6 atom stereocenters. The molecule has 0 saturated heterocycles. The number of carboxylic acid groups (broad SMARTS) is 1. The number of carbonyl (C=O) groups is 2. The molecule has 0 radical (unpaired) electrons. The molecule has 0 aromatic carbocycles. The second-order valence-corrected chi connectivity index (χ2v) is 7.54. The minimum Gasteiger partial charge on any atom is -0.481 e. The number of carboxylic acids is 1. The van der Waals surface area contributed by atoms with Gasteiger partial charge in [-0.2, -0.15) is 0 Å². The third-order valence-electron chi connectivity index (χ3n) is 4.63. The van der Waals surface area contributed by atoms with Crippen molar-refractivity contribution in [3.05, 3.63) is 0 Å². The maximum Gasteiger partial charge on any atom is 0.407 e. The normalized spacial score (nSPS) is 29.8. The predicted octanol–water partition coefficient (Wildman–Crippen LogP) is 2.27. The lowest BCUT2D eigenvalue weighted by Crippen LogP contribution is -2.50. The van der Waals surface area contributed by atoms with E-state index in [0.717, 1.165) is 18.3 Å². The summed E-state index contributed by atoms with van der Waals surface area (Å²) >= 11 is 0. The van der Waals surface area contributed by atoms with Gasteiger partial charge >= 0.3 is 12.1 Å². The number of nitrogens with one attached hydrogen (secondary N) is 1. The van der Waals surface area contributed by atoms with E-state index in [9.17, 15) is 14.7 Å². The van der Waals surface area contributed by atoms with E-state index in [1.54, 1.807) is 27.7 Å². The van der Waals surface area contributed by atoms with Crippen molar-refractivity contribution in [2.45, 2.75) is 58.3 Å². The molecule has 0 aromatic rings. The zero-order valence-electron chi connectivity index (χ0n) is 14.0. The molecule has 0 spiro atoms. The molecule has 126 valence electrons. The summed E-state index contributed by atoms with van der Waals surface area (Å²) in [6.07, 6.45) is 0.942. The molecule has 1 unspecified atom stereocenters. The van der Waals surface area contributed by atoms with Gasteiger partial charge in [0.25, 0.3) is 0 Å². The molecule has 0 aliphatic heterocycles. The van der Waals surface area contributed by atoms with Crippen LogP contribution < -0.4 is 5.32 Å². The Kier molecular flexibility index (Phi) is 4.70. The van der Waals surface area contributed by atoms with Gasteiger partial charge < -0.3 is 19.9 Å². The summed E-state index contributed by atoms with van der Waals surface area (Å²) in [5, 5.41) is 12.1. The Morgan fingerprint density at radius 2 is 1.91 bits per heavy atom. The standard InChI is InChI=1S/C16H27NO5/c1-8(14(18)19)13(21-5)12(7-11-9-6-10(9)11)17-15(20)22-16(2,3)4/h8-13H,6-7H2,1-5H3,(H,17,20)(H,18,19)/t8-,9+,10?,11+,12+,13-/m1/s1. The van der Waals surface area contributed by atoms with Crippen molar-refractivity contribution in [1.82, 2.24) is 5.32 Å². The van der Waals surface area contributed by atoms with Gasteiger partial charge in [0.1, 0.15) is 5.60 Å². The average Bonchev–Trinajstić information content (AvgIpc) is 3.24. The fraction of sp³-hybridized carbons (Fsp3) is 0.875. The van der Waals surface area contributed by atoms with Gasteiger partial charge in [0.05, 0.1) is 18.1 Å². The number of ether oxygens (including phenoxy) is 2. The number of fused-ring (bicyclic) bond motifs is 1. The number of carbonyl (C=O) groups excluding carboxylic acids is 1. The van der Waals surface area contributed by atoms with Crippen LogP contribution in [0.2, 0.25) is 0 Å². The van der Waals surface area contributed by atoms with Crippen LogP contribution in [0.15, 0.2) is 0 Å². The Bertz CT molecular complexity index is 436. The van der Waals surface area contributed by atoms with Crippen molar-refractivity contribution < 1.29 is 24.2 Å². The van der Waals surface area contributed by atoms with E-state index < -0.39 is 29.7 Å². The quantitative estimate of drug-likeness (QED) is 0.753. The monoisotopic (exact) mass is 313 g/mol. The van der Waals surface area contributed by atoms with Crippen LogP contribution in [0.5, 0.6) is 0 Å². The van der Waals surface area contributed by atoms with Crippen molar-refractivity contribution in [3.63, 3.8) is 0 Å². The van der Waals surface area contributed by atoms with Crippen LogP contribution in [-0.2, 0) is 14.3 Å². The molecule has 6 heteroatoms. The number of rotatable bonds is 7. The highest BCUT2D eigenvalue weighted by Crippen LogP contribution is 2.69. The van der Waals surface area contributed by atoms with Crippen molar-refractivity contribution >= 4 is 12.1 Å². The van der Waals surface area contributed by atoms with Crippen LogP contribution in [0.25, 0.3) is 0 Å². The smallest absolute Gasteiger partial charge is 0.407 e. The predicted molar refractivity (Wildman–Crippen MR) is 80.5 cm³/mol. The lowest BCUT2D eigenvalue weighted by molar-refractivity contribution is -0.146. The number of methoxy groups -OCH3 is 1. The van der Waals surface area contributed by atoms with Crippen molar-refractivity contribution in [1.29, 1.82) is 0 Å². The van der Waals surface area contributed by atoms with Crippen molar-refractivity contribution in [3.8, 4) is 0 Å². The molecule has 2 N–H and O–H groups in total. The fourth-order valence-electron chi connectivity index (χ4n) is 3.15. The van der Waals surface area contributed by atoms with Crippen LogP contribution in [0.4, 0.5) is 4.79 Å². The van der Waals surface area contributed by atoms with E-state index in [-0.39, 0.29) is 6.04 Å². The number of amides is 1. The van der Waals surface area contributed by atoms with Crippen molar-refractivity contribution in [2.75, 3.05) is 7.11 Å².